The molecule has 0 rings (SSSR count). The summed E-state index contributed by atoms with van der Waals surface area (Å²) in [6.45, 7) is 8.08. The van der Waals surface area contributed by atoms with Gasteiger partial charge >= 0.3 is 0 Å². The Balaban J connectivity index is 4.01. The van der Waals surface area contributed by atoms with Crippen molar-refractivity contribution in [3.05, 3.63) is 24.0 Å². The largest absolute Gasteiger partial charge is 0.508 e. The highest BCUT2D eigenvalue weighted by Crippen LogP contribution is 2.15. The van der Waals surface area contributed by atoms with Crippen LogP contribution in [-0.4, -0.2) is 5.11 Å². The molecule has 0 aliphatic heterocycles. The molecule has 0 unspecified atom stereocenters. The summed E-state index contributed by atoms with van der Waals surface area (Å²) in [7, 11) is 0. The Morgan fingerprint density at radius 1 is 1.30 bits per heavy atom. The average Bonchev–Trinajstić information content (AvgIpc) is 1.81. The topological polar surface area (TPSA) is 20.2 Å². The summed E-state index contributed by atoms with van der Waals surface area (Å²) in [6.07, 6.45) is 5.37. The van der Waals surface area contributed by atoms with Gasteiger partial charge < -0.3 is 5.11 Å². The van der Waals surface area contributed by atoms with Gasteiger partial charge in [-0.15, -0.1) is 0 Å². The molecule has 0 radical (unpaired) electrons. The highest BCUT2D eigenvalue weighted by Gasteiger charge is 2.02. The van der Waals surface area contributed by atoms with Gasteiger partial charge in [0, 0.05) is 0 Å². The Bertz CT molecular complexity index is 147. The maximum atomic E-state index is 9.00. The van der Waals surface area contributed by atoms with Crippen molar-refractivity contribution in [2.75, 3.05) is 0 Å². The number of aliphatic hydroxyl groups excluding tert-OH is 1. The van der Waals surface area contributed by atoms with Crippen molar-refractivity contribution in [2.45, 2.75) is 27.7 Å². The molecule has 0 spiro atoms. The first-order valence-corrected chi connectivity index (χ1v) is 3.50. The molecule has 0 bridgehead atoms. The van der Waals surface area contributed by atoms with Crippen LogP contribution in [0.5, 0.6) is 0 Å². The van der Waals surface area contributed by atoms with Crippen LogP contribution in [0.15, 0.2) is 24.0 Å². The summed E-state index contributed by atoms with van der Waals surface area (Å²) in [5.41, 5.74) is 0.150. The number of aliphatic hydroxyl groups is 1. The summed E-state index contributed by atoms with van der Waals surface area (Å²) in [6, 6.07) is 0. The van der Waals surface area contributed by atoms with E-state index in [-0.39, 0.29) is 5.41 Å². The van der Waals surface area contributed by atoms with Crippen molar-refractivity contribution in [2.24, 2.45) is 5.41 Å². The summed E-state index contributed by atoms with van der Waals surface area (Å²) < 4.78 is 0. The van der Waals surface area contributed by atoms with Gasteiger partial charge in [-0.1, -0.05) is 26.8 Å². The zero-order chi connectivity index (χ0) is 8.20. The fourth-order valence-electron chi connectivity index (χ4n) is 0.432. The molecule has 1 nitrogen and oxygen atoms in total. The minimum absolute atomic E-state index is 0.150. The standard InChI is InChI=1S/C9H16O/c1-5-8(10)6-7-9(2,3)4/h5-7,10H,1-4H3/b7-6+,8-5-. The van der Waals surface area contributed by atoms with Gasteiger partial charge in [-0.3, -0.25) is 0 Å². The van der Waals surface area contributed by atoms with Crippen LogP contribution in [-0.2, 0) is 0 Å². The maximum Gasteiger partial charge on any atom is 0.111 e. The molecule has 0 amide bonds. The normalized spacial score (nSPS) is 14.6. The van der Waals surface area contributed by atoms with Gasteiger partial charge in [0.1, 0.15) is 5.76 Å². The van der Waals surface area contributed by atoms with Crippen LogP contribution in [0.4, 0.5) is 0 Å². The van der Waals surface area contributed by atoms with Crippen LogP contribution in [0.1, 0.15) is 27.7 Å². The van der Waals surface area contributed by atoms with Crippen molar-refractivity contribution in [3.63, 3.8) is 0 Å². The molecule has 0 fully saturated rings. The van der Waals surface area contributed by atoms with E-state index < -0.39 is 0 Å². The van der Waals surface area contributed by atoms with E-state index in [1.165, 1.54) is 0 Å². The fraction of sp³-hybridized carbons (Fsp3) is 0.556. The second-order valence-electron chi connectivity index (χ2n) is 3.41. The third kappa shape index (κ3) is 5.42. The van der Waals surface area contributed by atoms with Crippen LogP contribution in [0.3, 0.4) is 0 Å². The monoisotopic (exact) mass is 140 g/mol. The minimum Gasteiger partial charge on any atom is -0.508 e. The third-order valence-corrected chi connectivity index (χ3v) is 1.05. The van der Waals surface area contributed by atoms with E-state index in [0.29, 0.717) is 5.76 Å². The summed E-state index contributed by atoms with van der Waals surface area (Å²) in [5, 5.41) is 9.00. The zero-order valence-corrected chi connectivity index (χ0v) is 7.18. The molecule has 58 valence electrons. The quantitative estimate of drug-likeness (QED) is 0.438. The van der Waals surface area contributed by atoms with Crippen LogP contribution in [0.2, 0.25) is 0 Å². The highest BCUT2D eigenvalue weighted by atomic mass is 16.3. The third-order valence-electron chi connectivity index (χ3n) is 1.05. The first-order valence-electron chi connectivity index (χ1n) is 3.50. The maximum absolute atomic E-state index is 9.00. The Morgan fingerprint density at radius 2 is 1.80 bits per heavy atom. The van der Waals surface area contributed by atoms with Crippen molar-refractivity contribution in [3.8, 4) is 0 Å². The van der Waals surface area contributed by atoms with E-state index in [9.17, 15) is 0 Å². The molecule has 0 saturated heterocycles. The molecule has 0 aliphatic carbocycles. The number of hydrogen-bond acceptors (Lipinski definition) is 1. The zero-order valence-electron chi connectivity index (χ0n) is 7.18. The Hall–Kier alpha value is -0.720. The molecular weight excluding hydrogens is 124 g/mol. The lowest BCUT2D eigenvalue weighted by Gasteiger charge is -2.10. The summed E-state index contributed by atoms with van der Waals surface area (Å²) in [5.74, 6) is 0.329. The molecule has 10 heavy (non-hydrogen) atoms. The second-order valence-corrected chi connectivity index (χ2v) is 3.41. The predicted octanol–water partition coefficient (Wildman–Crippen LogP) is 3.05. The van der Waals surface area contributed by atoms with Crippen molar-refractivity contribution in [1.29, 1.82) is 0 Å². The van der Waals surface area contributed by atoms with Crippen LogP contribution in [0, 0.1) is 5.41 Å². The van der Waals surface area contributed by atoms with E-state index in [0.717, 1.165) is 0 Å². The smallest absolute Gasteiger partial charge is 0.111 e. The summed E-state index contributed by atoms with van der Waals surface area (Å²) >= 11 is 0. The molecule has 1 heteroatoms. The molecule has 0 atom stereocenters. The summed E-state index contributed by atoms with van der Waals surface area (Å²) in [4.78, 5) is 0. The molecular formula is C9H16O. The van der Waals surface area contributed by atoms with Crippen LogP contribution < -0.4 is 0 Å². The van der Waals surface area contributed by atoms with Gasteiger partial charge in [-0.2, -0.15) is 0 Å². The fourth-order valence-corrected chi connectivity index (χ4v) is 0.432. The van der Waals surface area contributed by atoms with Gasteiger partial charge in [0.05, 0.1) is 0 Å². The van der Waals surface area contributed by atoms with E-state index >= 15 is 0 Å². The SMILES string of the molecule is C/C=C(O)/C=C/C(C)(C)C. The predicted molar refractivity (Wildman–Crippen MR) is 45.0 cm³/mol. The molecule has 1 N–H and O–H groups in total. The van der Waals surface area contributed by atoms with E-state index in [4.69, 9.17) is 5.11 Å². The van der Waals surface area contributed by atoms with Gasteiger partial charge in [-0.25, -0.2) is 0 Å². The lowest BCUT2D eigenvalue weighted by Crippen LogP contribution is -1.98. The Labute approximate surface area is 63.1 Å². The first kappa shape index (κ1) is 9.28. The average molecular weight is 140 g/mol. The second kappa shape index (κ2) is 3.45. The van der Waals surface area contributed by atoms with Crippen molar-refractivity contribution < 1.29 is 5.11 Å². The van der Waals surface area contributed by atoms with E-state index in [1.807, 2.05) is 13.0 Å². The molecule has 0 heterocycles. The van der Waals surface area contributed by atoms with Crippen LogP contribution >= 0.6 is 0 Å². The highest BCUT2D eigenvalue weighted by molar-refractivity contribution is 5.11. The molecule has 0 aromatic heterocycles. The Morgan fingerprint density at radius 3 is 2.10 bits per heavy atom. The van der Waals surface area contributed by atoms with E-state index in [1.54, 1.807) is 12.2 Å². The van der Waals surface area contributed by atoms with Gasteiger partial charge in [0.15, 0.2) is 0 Å². The van der Waals surface area contributed by atoms with Crippen molar-refractivity contribution in [1.82, 2.24) is 0 Å². The number of allylic oxidation sites excluding steroid dienone is 3. The molecule has 0 saturated carbocycles. The Kier molecular flexibility index (Phi) is 3.20. The van der Waals surface area contributed by atoms with Crippen LogP contribution in [0.25, 0.3) is 0 Å². The molecule has 0 aliphatic rings. The molecule has 0 aromatic carbocycles. The van der Waals surface area contributed by atoms with Gasteiger partial charge in [0.25, 0.3) is 0 Å². The molecule has 0 aromatic rings. The lowest BCUT2D eigenvalue weighted by atomic mass is 9.96. The number of hydrogen-bond donors (Lipinski definition) is 1. The number of rotatable bonds is 1. The lowest BCUT2D eigenvalue weighted by molar-refractivity contribution is 0.428. The van der Waals surface area contributed by atoms with Crippen molar-refractivity contribution >= 4 is 0 Å². The minimum atomic E-state index is 0.150. The van der Waals surface area contributed by atoms with E-state index in [2.05, 4.69) is 20.8 Å². The van der Waals surface area contributed by atoms with Gasteiger partial charge in [-0.05, 0) is 24.5 Å². The van der Waals surface area contributed by atoms with Gasteiger partial charge in [0.2, 0.25) is 0 Å². The first-order chi connectivity index (χ1) is 4.45.